The summed E-state index contributed by atoms with van der Waals surface area (Å²) in [5.74, 6) is -0.380. The van der Waals surface area contributed by atoms with Crippen molar-refractivity contribution < 1.29 is 19.4 Å². The Bertz CT molecular complexity index is 521. The largest absolute Gasteiger partial charge is 0.508 e. The number of carbonyl (C=O) groups is 1. The van der Waals surface area contributed by atoms with E-state index in [9.17, 15) is 9.90 Å². The van der Waals surface area contributed by atoms with Crippen molar-refractivity contribution in [2.75, 3.05) is 7.11 Å². The number of ether oxygens (including phenoxy) is 2. The van der Waals surface area contributed by atoms with E-state index in [1.165, 1.54) is 13.2 Å². The molecule has 0 unspecified atom stereocenters. The van der Waals surface area contributed by atoms with Crippen molar-refractivity contribution in [3.63, 3.8) is 0 Å². The van der Waals surface area contributed by atoms with E-state index in [0.717, 1.165) is 24.8 Å². The molecular formula is C16H22O4. The predicted octanol–water partition coefficient (Wildman–Crippen LogP) is 3.37. The molecule has 4 nitrogen and oxygen atoms in total. The van der Waals surface area contributed by atoms with Gasteiger partial charge in [0.25, 0.3) is 0 Å². The summed E-state index contributed by atoms with van der Waals surface area (Å²) in [6, 6.07) is 4.86. The second-order valence-corrected chi connectivity index (χ2v) is 6.17. The van der Waals surface area contributed by atoms with Gasteiger partial charge in [-0.2, -0.15) is 0 Å². The molecule has 20 heavy (non-hydrogen) atoms. The third kappa shape index (κ3) is 2.80. The topological polar surface area (TPSA) is 55.8 Å². The molecule has 1 aliphatic rings. The highest BCUT2D eigenvalue weighted by Crippen LogP contribution is 2.44. The predicted molar refractivity (Wildman–Crippen MR) is 75.8 cm³/mol. The van der Waals surface area contributed by atoms with Gasteiger partial charge < -0.3 is 14.6 Å². The minimum absolute atomic E-state index is 0.0769. The van der Waals surface area contributed by atoms with Crippen LogP contribution in [0.3, 0.4) is 0 Å². The molecule has 1 N–H and O–H groups in total. The molecule has 2 rings (SSSR count). The summed E-state index contributed by atoms with van der Waals surface area (Å²) in [5, 5.41) is 10.2. The summed E-state index contributed by atoms with van der Waals surface area (Å²) in [6.45, 7) is 6.11. The number of carbonyl (C=O) groups excluding carboxylic acids is 1. The molecule has 0 aromatic heterocycles. The normalized spacial score (nSPS) is 25.2. The molecule has 1 saturated heterocycles. The minimum Gasteiger partial charge on any atom is -0.508 e. The van der Waals surface area contributed by atoms with E-state index >= 15 is 0 Å². The molecule has 4 heteroatoms. The Morgan fingerprint density at radius 1 is 1.30 bits per heavy atom. The number of phenols is 1. The lowest BCUT2D eigenvalue weighted by atomic mass is 9.82. The first-order chi connectivity index (χ1) is 9.27. The number of esters is 1. The van der Waals surface area contributed by atoms with Crippen molar-refractivity contribution in [2.45, 2.75) is 51.2 Å². The lowest BCUT2D eigenvalue weighted by molar-refractivity contribution is -0.171. The van der Waals surface area contributed by atoms with E-state index in [0.29, 0.717) is 5.56 Å². The number of hydrogen-bond donors (Lipinski definition) is 1. The average Bonchev–Trinajstić information content (AvgIpc) is 2.35. The number of rotatable bonds is 2. The molecule has 1 fully saturated rings. The summed E-state index contributed by atoms with van der Waals surface area (Å²) in [4.78, 5) is 11.5. The van der Waals surface area contributed by atoms with Crippen LogP contribution < -0.4 is 0 Å². The van der Waals surface area contributed by atoms with Crippen LogP contribution in [0.1, 0.15) is 56.0 Å². The maximum atomic E-state index is 11.5. The highest BCUT2D eigenvalue weighted by Gasteiger charge is 2.40. The molecular weight excluding hydrogens is 256 g/mol. The van der Waals surface area contributed by atoms with Crippen LogP contribution in [0.4, 0.5) is 0 Å². The van der Waals surface area contributed by atoms with E-state index in [1.807, 2.05) is 6.92 Å². The quantitative estimate of drug-likeness (QED) is 0.843. The van der Waals surface area contributed by atoms with Gasteiger partial charge in [0.15, 0.2) is 0 Å². The van der Waals surface area contributed by atoms with Gasteiger partial charge in [0.1, 0.15) is 5.75 Å². The van der Waals surface area contributed by atoms with Gasteiger partial charge in [-0.3, -0.25) is 0 Å². The third-order valence-electron chi connectivity index (χ3n) is 3.92. The van der Waals surface area contributed by atoms with Gasteiger partial charge in [-0.25, -0.2) is 4.79 Å². The summed E-state index contributed by atoms with van der Waals surface area (Å²) in [7, 11) is 1.32. The summed E-state index contributed by atoms with van der Waals surface area (Å²) >= 11 is 0. The SMILES string of the molecule is COC(=O)c1ccc([C@@]2(C)CCCC(C)(C)O2)c(O)c1. The lowest BCUT2D eigenvalue weighted by Gasteiger charge is -2.44. The lowest BCUT2D eigenvalue weighted by Crippen LogP contribution is -2.41. The first kappa shape index (κ1) is 14.9. The highest BCUT2D eigenvalue weighted by molar-refractivity contribution is 5.89. The Balaban J connectivity index is 2.35. The zero-order valence-corrected chi connectivity index (χ0v) is 12.5. The number of aromatic hydroxyl groups is 1. The third-order valence-corrected chi connectivity index (χ3v) is 3.92. The number of benzene rings is 1. The van der Waals surface area contributed by atoms with Gasteiger partial charge in [-0.1, -0.05) is 6.07 Å². The zero-order valence-electron chi connectivity index (χ0n) is 12.5. The van der Waals surface area contributed by atoms with Gasteiger partial charge in [-0.15, -0.1) is 0 Å². The summed E-state index contributed by atoms with van der Waals surface area (Å²) < 4.78 is 10.8. The van der Waals surface area contributed by atoms with Gasteiger partial charge in [0.2, 0.25) is 0 Å². The van der Waals surface area contributed by atoms with Crippen molar-refractivity contribution >= 4 is 5.97 Å². The molecule has 0 saturated carbocycles. The van der Waals surface area contributed by atoms with Crippen LogP contribution in [0.5, 0.6) is 5.75 Å². The molecule has 1 aromatic rings. The summed E-state index contributed by atoms with van der Waals surface area (Å²) in [5.41, 5.74) is 0.325. The van der Waals surface area contributed by atoms with Crippen molar-refractivity contribution in [2.24, 2.45) is 0 Å². The molecule has 1 heterocycles. The van der Waals surface area contributed by atoms with Crippen LogP contribution in [0, 0.1) is 0 Å². The standard InChI is InChI=1S/C16H22O4/c1-15(2)8-5-9-16(3,20-15)12-7-6-11(10-13(12)17)14(18)19-4/h6-7,10,17H,5,8-9H2,1-4H3/t16-/m1/s1. The number of hydrogen-bond acceptors (Lipinski definition) is 4. The molecule has 0 aliphatic carbocycles. The Kier molecular flexibility index (Phi) is 3.78. The molecule has 0 radical (unpaired) electrons. The average molecular weight is 278 g/mol. The van der Waals surface area contributed by atoms with E-state index in [2.05, 4.69) is 18.6 Å². The minimum atomic E-state index is -0.527. The first-order valence-corrected chi connectivity index (χ1v) is 6.89. The fourth-order valence-electron chi connectivity index (χ4n) is 2.98. The van der Waals surface area contributed by atoms with Crippen LogP contribution in [-0.2, 0) is 15.1 Å². The van der Waals surface area contributed by atoms with Gasteiger partial charge >= 0.3 is 5.97 Å². The second kappa shape index (κ2) is 5.09. The van der Waals surface area contributed by atoms with E-state index in [4.69, 9.17) is 4.74 Å². The Labute approximate surface area is 119 Å². The maximum Gasteiger partial charge on any atom is 0.337 e. The monoisotopic (exact) mass is 278 g/mol. The highest BCUT2D eigenvalue weighted by atomic mass is 16.5. The van der Waals surface area contributed by atoms with Crippen LogP contribution in [0.2, 0.25) is 0 Å². The molecule has 0 spiro atoms. The van der Waals surface area contributed by atoms with Gasteiger partial charge in [-0.05, 0) is 52.2 Å². The van der Waals surface area contributed by atoms with Crippen LogP contribution in [-0.4, -0.2) is 23.8 Å². The van der Waals surface area contributed by atoms with Crippen molar-refractivity contribution in [1.82, 2.24) is 0 Å². The van der Waals surface area contributed by atoms with Crippen LogP contribution in [0.15, 0.2) is 18.2 Å². The molecule has 110 valence electrons. The van der Waals surface area contributed by atoms with Gasteiger partial charge in [0, 0.05) is 5.56 Å². The number of phenolic OH excluding ortho intramolecular Hbond substituents is 1. The van der Waals surface area contributed by atoms with E-state index < -0.39 is 11.6 Å². The number of methoxy groups -OCH3 is 1. The zero-order chi connectivity index (χ0) is 15.0. The second-order valence-electron chi connectivity index (χ2n) is 6.17. The van der Waals surface area contributed by atoms with Crippen molar-refractivity contribution in [1.29, 1.82) is 0 Å². The fourth-order valence-corrected chi connectivity index (χ4v) is 2.98. The van der Waals surface area contributed by atoms with Crippen LogP contribution in [0.25, 0.3) is 0 Å². The summed E-state index contributed by atoms with van der Waals surface area (Å²) in [6.07, 6.45) is 2.90. The fraction of sp³-hybridized carbons (Fsp3) is 0.562. The Hall–Kier alpha value is -1.55. The molecule has 1 atom stereocenters. The molecule has 0 amide bonds. The van der Waals surface area contributed by atoms with E-state index in [-0.39, 0.29) is 11.4 Å². The van der Waals surface area contributed by atoms with Crippen molar-refractivity contribution in [3.05, 3.63) is 29.3 Å². The Morgan fingerprint density at radius 2 is 2.00 bits per heavy atom. The molecule has 0 bridgehead atoms. The van der Waals surface area contributed by atoms with Gasteiger partial charge in [0.05, 0.1) is 23.9 Å². The Morgan fingerprint density at radius 3 is 2.55 bits per heavy atom. The first-order valence-electron chi connectivity index (χ1n) is 6.89. The maximum absolute atomic E-state index is 11.5. The van der Waals surface area contributed by atoms with Crippen LogP contribution >= 0.6 is 0 Å². The van der Waals surface area contributed by atoms with E-state index in [1.54, 1.807) is 12.1 Å². The smallest absolute Gasteiger partial charge is 0.337 e. The van der Waals surface area contributed by atoms with Crippen molar-refractivity contribution in [3.8, 4) is 5.75 Å². The molecule has 1 aliphatic heterocycles. The molecule has 1 aromatic carbocycles.